The molecule has 0 bridgehead atoms. The van der Waals surface area contributed by atoms with Crippen LogP contribution in [0.2, 0.25) is 0 Å². The Morgan fingerprint density at radius 3 is 2.43 bits per heavy atom. The average molecular weight is 286 g/mol. The molecular weight excluding hydrogens is 264 g/mol. The summed E-state index contributed by atoms with van der Waals surface area (Å²) in [5.74, 6) is 1.12. The summed E-state index contributed by atoms with van der Waals surface area (Å²) in [6.07, 6.45) is 0. The molecule has 0 saturated heterocycles. The van der Waals surface area contributed by atoms with E-state index in [1.54, 1.807) is 12.1 Å². The van der Waals surface area contributed by atoms with Crippen molar-refractivity contribution in [3.63, 3.8) is 0 Å². The molecule has 0 saturated carbocycles. The first-order valence-corrected chi connectivity index (χ1v) is 7.11. The molecule has 0 amide bonds. The van der Waals surface area contributed by atoms with E-state index in [0.717, 1.165) is 17.0 Å². The Bertz CT molecular complexity index is 569. The number of benzene rings is 2. The molecule has 0 aliphatic rings. The third kappa shape index (κ3) is 3.47. The van der Waals surface area contributed by atoms with Crippen LogP contribution in [0.3, 0.4) is 0 Å². The van der Waals surface area contributed by atoms with E-state index in [-0.39, 0.29) is 11.8 Å². The van der Waals surface area contributed by atoms with Gasteiger partial charge in [0, 0.05) is 24.8 Å². The number of phenols is 1. The molecule has 0 radical (unpaired) electrons. The van der Waals surface area contributed by atoms with Crippen molar-refractivity contribution >= 4 is 5.69 Å². The highest BCUT2D eigenvalue weighted by Gasteiger charge is 2.19. The van der Waals surface area contributed by atoms with Gasteiger partial charge in [0.15, 0.2) is 0 Å². The van der Waals surface area contributed by atoms with Gasteiger partial charge in [-0.1, -0.05) is 18.2 Å². The second kappa shape index (κ2) is 6.99. The lowest BCUT2D eigenvalue weighted by Crippen LogP contribution is -2.30. The van der Waals surface area contributed by atoms with Crippen molar-refractivity contribution in [1.29, 1.82) is 0 Å². The molecule has 4 heteroatoms. The number of phenolic OH excluding ortho intramolecular Hbond substituents is 1. The Balaban J connectivity index is 2.32. The molecule has 1 unspecified atom stereocenters. The number of para-hydroxylation sites is 1. The molecular formula is C17H22N2O2. The SMILES string of the molecule is CCOc1ccccc1C(CN)N(C)c1ccc(O)cc1. The molecule has 1 atom stereocenters. The summed E-state index contributed by atoms with van der Waals surface area (Å²) in [6, 6.07) is 15.1. The number of ether oxygens (including phenoxy) is 1. The maximum Gasteiger partial charge on any atom is 0.124 e. The van der Waals surface area contributed by atoms with Crippen LogP contribution in [-0.2, 0) is 0 Å². The molecule has 3 N–H and O–H groups in total. The van der Waals surface area contributed by atoms with E-state index in [1.807, 2.05) is 50.4 Å². The van der Waals surface area contributed by atoms with Crippen LogP contribution in [0.25, 0.3) is 0 Å². The summed E-state index contributed by atoms with van der Waals surface area (Å²) < 4.78 is 5.70. The van der Waals surface area contributed by atoms with Gasteiger partial charge in [-0.25, -0.2) is 0 Å². The van der Waals surface area contributed by atoms with Crippen LogP contribution in [-0.4, -0.2) is 25.3 Å². The summed E-state index contributed by atoms with van der Waals surface area (Å²) in [5, 5.41) is 9.40. The first-order valence-electron chi connectivity index (χ1n) is 7.11. The van der Waals surface area contributed by atoms with E-state index >= 15 is 0 Å². The fourth-order valence-corrected chi connectivity index (χ4v) is 2.40. The van der Waals surface area contributed by atoms with E-state index in [1.165, 1.54) is 0 Å². The Morgan fingerprint density at radius 1 is 1.14 bits per heavy atom. The summed E-state index contributed by atoms with van der Waals surface area (Å²) in [4.78, 5) is 2.09. The number of nitrogens with zero attached hydrogens (tertiary/aromatic N) is 1. The topological polar surface area (TPSA) is 58.7 Å². The van der Waals surface area contributed by atoms with Crippen molar-refractivity contribution in [3.8, 4) is 11.5 Å². The van der Waals surface area contributed by atoms with E-state index in [4.69, 9.17) is 10.5 Å². The summed E-state index contributed by atoms with van der Waals surface area (Å²) in [7, 11) is 1.99. The highest BCUT2D eigenvalue weighted by Crippen LogP contribution is 2.31. The molecule has 112 valence electrons. The zero-order chi connectivity index (χ0) is 15.2. The lowest BCUT2D eigenvalue weighted by molar-refractivity contribution is 0.334. The van der Waals surface area contributed by atoms with Crippen LogP contribution in [0, 0.1) is 0 Å². The largest absolute Gasteiger partial charge is 0.508 e. The monoisotopic (exact) mass is 286 g/mol. The number of anilines is 1. The van der Waals surface area contributed by atoms with Crippen LogP contribution >= 0.6 is 0 Å². The van der Waals surface area contributed by atoms with Crippen molar-refractivity contribution in [2.24, 2.45) is 5.73 Å². The molecule has 0 fully saturated rings. The molecule has 2 rings (SSSR count). The van der Waals surface area contributed by atoms with Crippen LogP contribution in [0.4, 0.5) is 5.69 Å². The van der Waals surface area contributed by atoms with Crippen molar-refractivity contribution < 1.29 is 9.84 Å². The van der Waals surface area contributed by atoms with E-state index in [9.17, 15) is 5.11 Å². The second-order valence-electron chi connectivity index (χ2n) is 4.85. The summed E-state index contributed by atoms with van der Waals surface area (Å²) in [6.45, 7) is 3.07. The molecule has 0 aromatic heterocycles. The smallest absolute Gasteiger partial charge is 0.124 e. The fourth-order valence-electron chi connectivity index (χ4n) is 2.40. The summed E-state index contributed by atoms with van der Waals surface area (Å²) >= 11 is 0. The normalized spacial score (nSPS) is 12.0. The van der Waals surface area contributed by atoms with Gasteiger partial charge in [0.2, 0.25) is 0 Å². The van der Waals surface area contributed by atoms with Crippen LogP contribution in [0.1, 0.15) is 18.5 Å². The average Bonchev–Trinajstić information content (AvgIpc) is 2.50. The molecule has 4 nitrogen and oxygen atoms in total. The zero-order valence-electron chi connectivity index (χ0n) is 12.5. The molecule has 21 heavy (non-hydrogen) atoms. The van der Waals surface area contributed by atoms with Crippen LogP contribution in [0.15, 0.2) is 48.5 Å². The van der Waals surface area contributed by atoms with Gasteiger partial charge in [0.05, 0.1) is 12.6 Å². The molecule has 2 aromatic rings. The Hall–Kier alpha value is -2.20. The Morgan fingerprint density at radius 2 is 1.81 bits per heavy atom. The minimum atomic E-state index is 0.0114. The lowest BCUT2D eigenvalue weighted by Gasteiger charge is -2.30. The quantitative estimate of drug-likeness (QED) is 0.857. The highest BCUT2D eigenvalue weighted by atomic mass is 16.5. The highest BCUT2D eigenvalue weighted by molar-refractivity contribution is 5.52. The number of hydrogen-bond acceptors (Lipinski definition) is 4. The van der Waals surface area contributed by atoms with Gasteiger partial charge in [-0.2, -0.15) is 0 Å². The fraction of sp³-hybridized carbons (Fsp3) is 0.294. The lowest BCUT2D eigenvalue weighted by atomic mass is 10.0. The standard InChI is InChI=1S/C17H22N2O2/c1-3-21-17-7-5-4-6-15(17)16(12-18)19(2)13-8-10-14(20)11-9-13/h4-11,16,20H,3,12,18H2,1-2H3. The number of rotatable bonds is 6. The molecule has 0 heterocycles. The number of nitrogens with two attached hydrogens (primary N) is 1. The number of likely N-dealkylation sites (N-methyl/N-ethyl adjacent to an activating group) is 1. The van der Waals surface area contributed by atoms with E-state index in [0.29, 0.717) is 13.2 Å². The third-order valence-corrected chi connectivity index (χ3v) is 3.53. The summed E-state index contributed by atoms with van der Waals surface area (Å²) in [5.41, 5.74) is 8.05. The predicted octanol–water partition coefficient (Wildman–Crippen LogP) is 2.93. The van der Waals surface area contributed by atoms with Crippen molar-refractivity contribution in [2.45, 2.75) is 13.0 Å². The van der Waals surface area contributed by atoms with Crippen LogP contribution in [0.5, 0.6) is 11.5 Å². The van der Waals surface area contributed by atoms with Gasteiger partial charge in [-0.3, -0.25) is 0 Å². The molecule has 0 aliphatic carbocycles. The predicted molar refractivity (Wildman–Crippen MR) is 85.9 cm³/mol. The maximum absolute atomic E-state index is 9.40. The first kappa shape index (κ1) is 15.2. The van der Waals surface area contributed by atoms with Crippen molar-refractivity contribution in [2.75, 3.05) is 25.1 Å². The Kier molecular flexibility index (Phi) is 5.06. The van der Waals surface area contributed by atoms with Crippen molar-refractivity contribution in [3.05, 3.63) is 54.1 Å². The third-order valence-electron chi connectivity index (χ3n) is 3.53. The van der Waals surface area contributed by atoms with Gasteiger partial charge in [0.1, 0.15) is 11.5 Å². The number of aromatic hydroxyl groups is 1. The van der Waals surface area contributed by atoms with Gasteiger partial charge in [0.25, 0.3) is 0 Å². The first-order chi connectivity index (χ1) is 10.2. The minimum absolute atomic E-state index is 0.0114. The van der Waals surface area contributed by atoms with Gasteiger partial charge in [-0.05, 0) is 37.3 Å². The van der Waals surface area contributed by atoms with Gasteiger partial charge < -0.3 is 20.5 Å². The molecule has 0 aliphatic heterocycles. The zero-order valence-corrected chi connectivity index (χ0v) is 12.5. The van der Waals surface area contributed by atoms with Gasteiger partial charge in [-0.15, -0.1) is 0 Å². The molecule has 0 spiro atoms. The molecule has 2 aromatic carbocycles. The Labute approximate surface area is 125 Å². The maximum atomic E-state index is 9.40. The van der Waals surface area contributed by atoms with E-state index < -0.39 is 0 Å². The van der Waals surface area contributed by atoms with Crippen LogP contribution < -0.4 is 15.4 Å². The van der Waals surface area contributed by atoms with Crippen molar-refractivity contribution in [1.82, 2.24) is 0 Å². The minimum Gasteiger partial charge on any atom is -0.508 e. The number of hydrogen-bond donors (Lipinski definition) is 2. The van der Waals surface area contributed by atoms with E-state index in [2.05, 4.69) is 4.90 Å². The van der Waals surface area contributed by atoms with Gasteiger partial charge >= 0.3 is 0 Å². The second-order valence-corrected chi connectivity index (χ2v) is 4.85.